The highest BCUT2D eigenvalue weighted by Crippen LogP contribution is 2.69. The third kappa shape index (κ3) is 1.83. The molecule has 2 fully saturated rings. The molecule has 3 aliphatic carbocycles. The fourth-order valence-electron chi connectivity index (χ4n) is 3.86. The van der Waals surface area contributed by atoms with E-state index in [1.54, 1.807) is 24.3 Å². The molecule has 0 amide bonds. The molecule has 2 saturated carbocycles. The van der Waals surface area contributed by atoms with Crippen LogP contribution in [0.4, 0.5) is 0 Å². The van der Waals surface area contributed by atoms with Crippen molar-refractivity contribution >= 4 is 26.0 Å². The van der Waals surface area contributed by atoms with Gasteiger partial charge in [0.2, 0.25) is 0 Å². The second-order valence-electron chi connectivity index (χ2n) is 6.03. The van der Waals surface area contributed by atoms with Gasteiger partial charge in [-0.15, -0.1) is 0 Å². The predicted octanol–water partition coefficient (Wildman–Crippen LogP) is 3.51. The molecule has 20 heavy (non-hydrogen) atoms. The largest absolute Gasteiger partial charge is 0.297 e. The fraction of sp³-hybridized carbons (Fsp3) is 0.467. The lowest BCUT2D eigenvalue weighted by Crippen LogP contribution is -2.24. The molecule has 0 radical (unpaired) electrons. The molecule has 1 spiro atoms. The van der Waals surface area contributed by atoms with Crippen molar-refractivity contribution in [1.29, 1.82) is 0 Å². The minimum absolute atomic E-state index is 0.179. The van der Waals surface area contributed by atoms with Gasteiger partial charge < -0.3 is 0 Å². The van der Waals surface area contributed by atoms with Crippen molar-refractivity contribution in [1.82, 2.24) is 0 Å². The minimum atomic E-state index is -3.66. The summed E-state index contributed by atoms with van der Waals surface area (Å²) in [7, 11) is -3.66. The highest BCUT2D eigenvalue weighted by atomic mass is 79.9. The van der Waals surface area contributed by atoms with Gasteiger partial charge in [0.1, 0.15) is 0 Å². The van der Waals surface area contributed by atoms with Crippen molar-refractivity contribution < 1.29 is 12.6 Å². The molecule has 3 aliphatic rings. The molecule has 0 aromatic heterocycles. The zero-order valence-corrected chi connectivity index (χ0v) is 13.2. The minimum Gasteiger partial charge on any atom is -0.262 e. The Morgan fingerprint density at radius 3 is 2.45 bits per heavy atom. The van der Waals surface area contributed by atoms with Gasteiger partial charge >= 0.3 is 0 Å². The van der Waals surface area contributed by atoms with Crippen molar-refractivity contribution in [2.45, 2.75) is 30.3 Å². The third-order valence-corrected chi connectivity index (χ3v) is 6.90. The maximum atomic E-state index is 12.3. The topological polar surface area (TPSA) is 43.4 Å². The van der Waals surface area contributed by atoms with Gasteiger partial charge in [-0.1, -0.05) is 28.1 Å². The summed E-state index contributed by atoms with van der Waals surface area (Å²) in [5.74, 6) is 0.815. The first kappa shape index (κ1) is 13.0. The zero-order valence-electron chi connectivity index (χ0n) is 10.8. The first-order valence-corrected chi connectivity index (χ1v) is 9.09. The first-order valence-electron chi connectivity index (χ1n) is 6.88. The molecule has 3 atom stereocenters. The van der Waals surface area contributed by atoms with Crippen LogP contribution in [0.25, 0.3) is 0 Å². The summed E-state index contributed by atoms with van der Waals surface area (Å²) < 4.78 is 31.1. The van der Waals surface area contributed by atoms with E-state index in [4.69, 9.17) is 4.18 Å². The van der Waals surface area contributed by atoms with Crippen molar-refractivity contribution in [3.05, 3.63) is 40.9 Å². The standard InChI is InChI=1S/C15H15BrO3S/c16-11-2-4-12(5-3-11)20(17,18)19-14-9-10-1-6-13(14)15(10)7-8-15/h1-6,10,13-14H,7-9H2. The lowest BCUT2D eigenvalue weighted by molar-refractivity contribution is 0.170. The quantitative estimate of drug-likeness (QED) is 0.616. The summed E-state index contributed by atoms with van der Waals surface area (Å²) in [4.78, 5) is 0.234. The van der Waals surface area contributed by atoms with E-state index < -0.39 is 10.1 Å². The summed E-state index contributed by atoms with van der Waals surface area (Å²) in [5.41, 5.74) is 0.347. The van der Waals surface area contributed by atoms with Gasteiger partial charge in [0.25, 0.3) is 10.1 Å². The number of halogens is 1. The molecule has 1 aromatic rings. The fourth-order valence-corrected chi connectivity index (χ4v) is 5.22. The van der Waals surface area contributed by atoms with Gasteiger partial charge in [-0.3, -0.25) is 4.18 Å². The van der Waals surface area contributed by atoms with Crippen LogP contribution < -0.4 is 0 Å². The average molecular weight is 355 g/mol. The lowest BCUT2D eigenvalue weighted by atomic mass is 9.93. The molecule has 2 bridgehead atoms. The van der Waals surface area contributed by atoms with E-state index in [0.717, 1.165) is 10.9 Å². The predicted molar refractivity (Wildman–Crippen MR) is 78.6 cm³/mol. The zero-order chi connectivity index (χ0) is 14.0. The molecule has 5 heteroatoms. The van der Waals surface area contributed by atoms with Crippen LogP contribution in [-0.4, -0.2) is 14.5 Å². The maximum Gasteiger partial charge on any atom is 0.297 e. The molecular formula is C15H15BrO3S. The molecule has 0 saturated heterocycles. The van der Waals surface area contributed by atoms with E-state index >= 15 is 0 Å². The number of hydrogen-bond acceptors (Lipinski definition) is 3. The van der Waals surface area contributed by atoms with Crippen molar-refractivity contribution in [3.63, 3.8) is 0 Å². The van der Waals surface area contributed by atoms with Crippen LogP contribution in [-0.2, 0) is 14.3 Å². The van der Waals surface area contributed by atoms with Crippen LogP contribution in [0.2, 0.25) is 0 Å². The van der Waals surface area contributed by atoms with Gasteiger partial charge in [0.05, 0.1) is 11.0 Å². The van der Waals surface area contributed by atoms with Crippen LogP contribution in [0.3, 0.4) is 0 Å². The Morgan fingerprint density at radius 2 is 1.85 bits per heavy atom. The normalized spacial score (nSPS) is 33.0. The van der Waals surface area contributed by atoms with Crippen molar-refractivity contribution in [3.8, 4) is 0 Å². The molecule has 3 unspecified atom stereocenters. The third-order valence-electron chi connectivity index (χ3n) is 5.02. The molecule has 1 aromatic carbocycles. The van der Waals surface area contributed by atoms with Gasteiger partial charge in [0.15, 0.2) is 0 Å². The van der Waals surface area contributed by atoms with Crippen molar-refractivity contribution in [2.24, 2.45) is 17.3 Å². The summed E-state index contributed by atoms with van der Waals surface area (Å²) in [5, 5.41) is 0. The van der Waals surface area contributed by atoms with E-state index in [-0.39, 0.29) is 16.9 Å². The van der Waals surface area contributed by atoms with E-state index in [0.29, 0.717) is 11.3 Å². The molecule has 3 nitrogen and oxygen atoms in total. The highest BCUT2D eigenvalue weighted by Gasteiger charge is 2.63. The van der Waals surface area contributed by atoms with Crippen LogP contribution in [0.5, 0.6) is 0 Å². The Morgan fingerprint density at radius 1 is 1.15 bits per heavy atom. The van der Waals surface area contributed by atoms with Crippen LogP contribution >= 0.6 is 15.9 Å². The molecule has 0 heterocycles. The second kappa shape index (κ2) is 4.18. The summed E-state index contributed by atoms with van der Waals surface area (Å²) in [6.07, 6.45) is 7.52. The van der Waals surface area contributed by atoms with E-state index in [2.05, 4.69) is 28.1 Å². The Bertz CT molecular complexity index is 674. The van der Waals surface area contributed by atoms with E-state index in [1.165, 1.54) is 12.8 Å². The summed E-state index contributed by atoms with van der Waals surface area (Å²) in [6, 6.07) is 6.60. The molecule has 106 valence electrons. The smallest absolute Gasteiger partial charge is 0.262 e. The number of benzene rings is 1. The molecular weight excluding hydrogens is 340 g/mol. The van der Waals surface area contributed by atoms with Crippen LogP contribution in [0.15, 0.2) is 45.8 Å². The number of rotatable bonds is 3. The Balaban J connectivity index is 1.57. The molecule has 0 N–H and O–H groups in total. The Hall–Kier alpha value is -0.650. The number of hydrogen-bond donors (Lipinski definition) is 0. The van der Waals surface area contributed by atoms with Crippen LogP contribution in [0.1, 0.15) is 19.3 Å². The monoisotopic (exact) mass is 354 g/mol. The Labute approximate surface area is 127 Å². The first-order chi connectivity index (χ1) is 9.51. The molecule has 0 aliphatic heterocycles. The lowest BCUT2D eigenvalue weighted by Gasteiger charge is -2.19. The Kier molecular flexibility index (Phi) is 2.73. The SMILES string of the molecule is O=S(=O)(OC1CC2C=CC1C21CC1)c1ccc(Br)cc1. The van der Waals surface area contributed by atoms with E-state index in [1.807, 2.05) is 0 Å². The summed E-state index contributed by atoms with van der Waals surface area (Å²) in [6.45, 7) is 0. The maximum absolute atomic E-state index is 12.3. The van der Waals surface area contributed by atoms with E-state index in [9.17, 15) is 8.42 Å². The molecule has 4 rings (SSSR count). The van der Waals surface area contributed by atoms with Gasteiger partial charge in [0, 0.05) is 10.4 Å². The number of allylic oxidation sites excluding steroid dienone is 1. The highest BCUT2D eigenvalue weighted by molar-refractivity contribution is 9.10. The van der Waals surface area contributed by atoms with Crippen molar-refractivity contribution in [2.75, 3.05) is 0 Å². The van der Waals surface area contributed by atoms with Gasteiger partial charge in [-0.05, 0) is 54.9 Å². The second-order valence-corrected chi connectivity index (χ2v) is 8.52. The summed E-state index contributed by atoms with van der Waals surface area (Å²) >= 11 is 3.31. The van der Waals surface area contributed by atoms with Gasteiger partial charge in [-0.25, -0.2) is 0 Å². The van der Waals surface area contributed by atoms with Crippen LogP contribution in [0, 0.1) is 17.3 Å². The van der Waals surface area contributed by atoms with Gasteiger partial charge in [-0.2, -0.15) is 8.42 Å². The average Bonchev–Trinajstić information content (AvgIpc) is 3.06.